The number of rotatable bonds is 2. The van der Waals surface area contributed by atoms with Crippen molar-refractivity contribution in [3.63, 3.8) is 0 Å². The van der Waals surface area contributed by atoms with Crippen LogP contribution in [0.25, 0.3) is 0 Å². The molecule has 1 saturated heterocycles. The summed E-state index contributed by atoms with van der Waals surface area (Å²) >= 11 is 0. The molecule has 0 radical (unpaired) electrons. The highest BCUT2D eigenvalue weighted by Gasteiger charge is 2.57. The van der Waals surface area contributed by atoms with Gasteiger partial charge in [0, 0.05) is 6.04 Å². The maximum Gasteiger partial charge on any atom is 0.330 e. The van der Waals surface area contributed by atoms with Crippen LogP contribution in [0.15, 0.2) is 0 Å². The molecule has 1 heterocycles. The Hall–Kier alpha value is -1.18. The minimum atomic E-state index is -2.75. The van der Waals surface area contributed by atoms with Crippen LogP contribution in [0.2, 0.25) is 0 Å². The largest absolute Gasteiger partial charge is 0.468 e. The summed E-state index contributed by atoms with van der Waals surface area (Å²) in [7, 11) is 1.10. The maximum atomic E-state index is 11.5. The van der Waals surface area contributed by atoms with Gasteiger partial charge in [0.15, 0.2) is 6.04 Å². The molecule has 0 saturated carbocycles. The molecular weight excluding hydrogens is 204 g/mol. The second kappa shape index (κ2) is 3.76. The van der Waals surface area contributed by atoms with Crippen LogP contribution in [-0.2, 0) is 14.3 Å². The van der Waals surface area contributed by atoms with Crippen LogP contribution in [-0.4, -0.2) is 52.1 Å². The van der Waals surface area contributed by atoms with Crippen molar-refractivity contribution >= 4 is 11.9 Å². The Bertz CT molecular complexity index is 289. The first-order valence-corrected chi connectivity index (χ1v) is 4.44. The fourth-order valence-electron chi connectivity index (χ4n) is 1.31. The summed E-state index contributed by atoms with van der Waals surface area (Å²) in [6.45, 7) is 3.33. The summed E-state index contributed by atoms with van der Waals surface area (Å²) in [5.41, 5.74) is 2.39. The highest BCUT2D eigenvalue weighted by Crippen LogP contribution is 2.21. The summed E-state index contributed by atoms with van der Waals surface area (Å²) < 4.78 is 4.35. The zero-order valence-electron chi connectivity index (χ0n) is 8.72. The Morgan fingerprint density at radius 1 is 1.60 bits per heavy atom. The average molecular weight is 218 g/mol. The molecule has 3 N–H and O–H groups in total. The van der Waals surface area contributed by atoms with E-state index in [-0.39, 0.29) is 6.04 Å². The van der Waals surface area contributed by atoms with Gasteiger partial charge in [-0.2, -0.15) is 0 Å². The SMILES string of the molecule is COC(=O)C1NN(C(C)C)C(=O)C1(O)O. The summed E-state index contributed by atoms with van der Waals surface area (Å²) in [4.78, 5) is 22.6. The van der Waals surface area contributed by atoms with Crippen LogP contribution in [0.3, 0.4) is 0 Å². The number of ether oxygens (including phenoxy) is 1. The third-order valence-electron chi connectivity index (χ3n) is 2.16. The lowest BCUT2D eigenvalue weighted by Gasteiger charge is -2.20. The van der Waals surface area contributed by atoms with Crippen LogP contribution in [0.4, 0.5) is 0 Å². The molecule has 7 nitrogen and oxygen atoms in total. The highest BCUT2D eigenvalue weighted by atomic mass is 16.5. The van der Waals surface area contributed by atoms with E-state index in [1.165, 1.54) is 0 Å². The van der Waals surface area contributed by atoms with E-state index >= 15 is 0 Å². The van der Waals surface area contributed by atoms with Crippen molar-refractivity contribution in [1.29, 1.82) is 0 Å². The van der Waals surface area contributed by atoms with Gasteiger partial charge in [0.1, 0.15) is 0 Å². The molecule has 1 fully saturated rings. The predicted molar refractivity (Wildman–Crippen MR) is 48.1 cm³/mol. The van der Waals surface area contributed by atoms with Crippen molar-refractivity contribution in [3.05, 3.63) is 0 Å². The van der Waals surface area contributed by atoms with Crippen molar-refractivity contribution < 1.29 is 24.5 Å². The van der Waals surface area contributed by atoms with Gasteiger partial charge in [-0.25, -0.2) is 5.43 Å². The molecule has 0 bridgehead atoms. The fourth-order valence-corrected chi connectivity index (χ4v) is 1.31. The maximum absolute atomic E-state index is 11.5. The number of amides is 1. The van der Waals surface area contributed by atoms with Gasteiger partial charge in [0.25, 0.3) is 11.7 Å². The Kier molecular flexibility index (Phi) is 2.98. The van der Waals surface area contributed by atoms with Crippen molar-refractivity contribution in [3.8, 4) is 0 Å². The lowest BCUT2D eigenvalue weighted by Crippen LogP contribution is -2.51. The van der Waals surface area contributed by atoms with E-state index in [0.717, 1.165) is 12.1 Å². The number of esters is 1. The molecule has 1 atom stereocenters. The number of methoxy groups -OCH3 is 1. The molecule has 7 heteroatoms. The molecule has 1 aliphatic rings. The monoisotopic (exact) mass is 218 g/mol. The number of nitrogens with one attached hydrogen (secondary N) is 1. The van der Waals surface area contributed by atoms with Gasteiger partial charge in [-0.3, -0.25) is 14.6 Å². The molecule has 0 aromatic heterocycles. The van der Waals surface area contributed by atoms with Gasteiger partial charge in [0.2, 0.25) is 0 Å². The molecule has 1 rings (SSSR count). The first-order valence-electron chi connectivity index (χ1n) is 4.44. The van der Waals surface area contributed by atoms with E-state index < -0.39 is 23.7 Å². The zero-order chi connectivity index (χ0) is 11.8. The standard InChI is InChI=1S/C8H14N2O5/c1-4(2)10-7(12)8(13,14)5(9-10)6(11)15-3/h4-5,9,13-14H,1-3H3. The molecule has 1 unspecified atom stereocenters. The van der Waals surface area contributed by atoms with Gasteiger partial charge in [-0.1, -0.05) is 0 Å². The Balaban J connectivity index is 2.95. The molecule has 86 valence electrons. The fraction of sp³-hybridized carbons (Fsp3) is 0.750. The van der Waals surface area contributed by atoms with Crippen LogP contribution >= 0.6 is 0 Å². The first kappa shape index (κ1) is 11.9. The molecule has 15 heavy (non-hydrogen) atoms. The minimum Gasteiger partial charge on any atom is -0.468 e. The lowest BCUT2D eigenvalue weighted by atomic mass is 10.1. The van der Waals surface area contributed by atoms with Gasteiger partial charge in [0.05, 0.1) is 7.11 Å². The van der Waals surface area contributed by atoms with Crippen molar-refractivity contribution in [2.45, 2.75) is 31.7 Å². The highest BCUT2D eigenvalue weighted by molar-refractivity contribution is 5.94. The minimum absolute atomic E-state index is 0.300. The van der Waals surface area contributed by atoms with E-state index in [1.54, 1.807) is 13.8 Å². The summed E-state index contributed by atoms with van der Waals surface area (Å²) in [5.74, 6) is -4.62. The number of aliphatic hydroxyl groups is 2. The van der Waals surface area contributed by atoms with E-state index in [1.807, 2.05) is 0 Å². The number of hydrogen-bond donors (Lipinski definition) is 3. The van der Waals surface area contributed by atoms with Gasteiger partial charge >= 0.3 is 5.97 Å². The van der Waals surface area contributed by atoms with E-state index in [2.05, 4.69) is 10.2 Å². The quantitative estimate of drug-likeness (QED) is 0.365. The van der Waals surface area contributed by atoms with Crippen molar-refractivity contribution in [1.82, 2.24) is 10.4 Å². The van der Waals surface area contributed by atoms with E-state index in [9.17, 15) is 19.8 Å². The topological polar surface area (TPSA) is 99.1 Å². The molecule has 1 amide bonds. The zero-order valence-corrected chi connectivity index (χ0v) is 8.72. The number of carbonyl (C=O) groups excluding carboxylic acids is 2. The van der Waals surface area contributed by atoms with E-state index in [0.29, 0.717) is 0 Å². The van der Waals surface area contributed by atoms with E-state index in [4.69, 9.17) is 0 Å². The average Bonchev–Trinajstić information content (AvgIpc) is 2.38. The molecule has 1 aliphatic heterocycles. The number of carbonyl (C=O) groups is 2. The van der Waals surface area contributed by atoms with Gasteiger partial charge < -0.3 is 14.9 Å². The molecule has 0 aromatic rings. The van der Waals surface area contributed by atoms with Crippen LogP contribution in [0.1, 0.15) is 13.8 Å². The van der Waals surface area contributed by atoms with Gasteiger partial charge in [-0.15, -0.1) is 0 Å². The second-order valence-electron chi connectivity index (χ2n) is 3.58. The molecule has 0 spiro atoms. The smallest absolute Gasteiger partial charge is 0.330 e. The first-order chi connectivity index (χ1) is 6.82. The van der Waals surface area contributed by atoms with Crippen LogP contribution in [0, 0.1) is 0 Å². The predicted octanol–water partition coefficient (Wildman–Crippen LogP) is -2.04. The van der Waals surface area contributed by atoms with Crippen LogP contribution in [0.5, 0.6) is 0 Å². The summed E-state index contributed by atoms with van der Waals surface area (Å²) in [5, 5.41) is 19.9. The molecular formula is C8H14N2O5. The molecule has 0 aliphatic carbocycles. The number of nitrogens with zero attached hydrogens (tertiary/aromatic N) is 1. The Morgan fingerprint density at radius 2 is 2.13 bits per heavy atom. The van der Waals surface area contributed by atoms with Crippen LogP contribution < -0.4 is 5.43 Å². The number of hydrazine groups is 1. The summed E-state index contributed by atoms with van der Waals surface area (Å²) in [6.07, 6.45) is 0. The van der Waals surface area contributed by atoms with Gasteiger partial charge in [-0.05, 0) is 13.8 Å². The third-order valence-corrected chi connectivity index (χ3v) is 2.16. The Morgan fingerprint density at radius 3 is 2.47 bits per heavy atom. The summed E-state index contributed by atoms with van der Waals surface area (Å²) in [6, 6.07) is -1.79. The Labute approximate surface area is 86.6 Å². The normalized spacial score (nSPS) is 24.8. The van der Waals surface area contributed by atoms with Crippen molar-refractivity contribution in [2.75, 3.05) is 7.11 Å². The third kappa shape index (κ3) is 1.81. The molecule has 0 aromatic carbocycles. The van der Waals surface area contributed by atoms with Crippen molar-refractivity contribution in [2.24, 2.45) is 0 Å². The number of hydrogen-bond acceptors (Lipinski definition) is 6. The lowest BCUT2D eigenvalue weighted by molar-refractivity contribution is -0.193. The second-order valence-corrected chi connectivity index (χ2v) is 3.58.